The van der Waals surface area contributed by atoms with E-state index in [0.717, 1.165) is 43.6 Å². The number of benzene rings is 3. The number of phenolic OH excluding ortho intramolecular Hbond substituents is 1. The second kappa shape index (κ2) is 16.5. The van der Waals surface area contributed by atoms with E-state index in [-0.39, 0.29) is 36.6 Å². The van der Waals surface area contributed by atoms with E-state index in [0.29, 0.717) is 11.5 Å². The first-order valence-corrected chi connectivity index (χ1v) is 19.2. The van der Waals surface area contributed by atoms with Crippen LogP contribution < -0.4 is 9.47 Å². The third-order valence-electron chi connectivity index (χ3n) is 6.55. The first kappa shape index (κ1) is 48.2. The maximum absolute atomic E-state index is 11.2. The molecule has 7 rings (SSSR count). The SMILES string of the molecule is COc1cc(O)c(C(C)=O)c(OC)c1.F[P-](F)(F)(F)(F)F.F[P-](F)(F)(F)(F)F.[Ru+2].c1cnc2c(c1)ccc1cccnc12.c1cnc2c(c1)ccc1cccnc12. The Morgan fingerprint density at radius 2 is 0.807 bits per heavy atom. The van der Waals surface area contributed by atoms with Gasteiger partial charge in [-0.1, -0.05) is 48.5 Å². The molecule has 7 aromatic rings. The number of methoxy groups -OCH3 is 2. The number of Topliss-reactive ketones (excluding diaryl/α,β-unsaturated/α-hetero) is 1. The number of phenols is 1. The van der Waals surface area contributed by atoms with Gasteiger partial charge in [0.15, 0.2) is 5.78 Å². The number of carbonyl (C=O) groups is 1. The number of rotatable bonds is 3. The van der Waals surface area contributed by atoms with E-state index < -0.39 is 15.6 Å². The van der Waals surface area contributed by atoms with Crippen LogP contribution in [-0.4, -0.2) is 45.0 Å². The van der Waals surface area contributed by atoms with Crippen molar-refractivity contribution < 1.29 is 89.2 Å². The summed E-state index contributed by atoms with van der Waals surface area (Å²) in [6.07, 6.45) is 7.21. The topological polar surface area (TPSA) is 107 Å². The van der Waals surface area contributed by atoms with Gasteiger partial charge in [0.05, 0.1) is 36.3 Å². The molecule has 0 aliphatic rings. The van der Waals surface area contributed by atoms with Crippen LogP contribution in [0.15, 0.2) is 110 Å². The molecular formula is C34H28F12N4O4P2Ru. The molecule has 0 aliphatic carbocycles. The van der Waals surface area contributed by atoms with E-state index in [2.05, 4.69) is 68.5 Å². The van der Waals surface area contributed by atoms with Crippen LogP contribution in [0, 0.1) is 0 Å². The monoisotopic (exact) mass is 948 g/mol. The molecule has 0 atom stereocenters. The Bertz CT molecular complexity index is 2250. The second-order valence-electron chi connectivity index (χ2n) is 11.1. The summed E-state index contributed by atoms with van der Waals surface area (Å²) in [6, 6.07) is 27.2. The summed E-state index contributed by atoms with van der Waals surface area (Å²) < 4.78 is 128. The van der Waals surface area contributed by atoms with Crippen molar-refractivity contribution in [2.24, 2.45) is 0 Å². The van der Waals surface area contributed by atoms with Crippen molar-refractivity contribution >= 4 is 65.0 Å². The number of halogens is 12. The van der Waals surface area contributed by atoms with Crippen LogP contribution in [0.1, 0.15) is 17.3 Å². The number of hydrogen-bond donors (Lipinski definition) is 1. The maximum atomic E-state index is 11.2. The number of fused-ring (bicyclic) bond motifs is 6. The average Bonchev–Trinajstić information content (AvgIpc) is 3.09. The van der Waals surface area contributed by atoms with Crippen LogP contribution in [0.2, 0.25) is 0 Å². The number of aromatic hydroxyl groups is 1. The molecule has 0 saturated carbocycles. The summed E-state index contributed by atoms with van der Waals surface area (Å²) >= 11 is 0. The minimum absolute atomic E-state index is 0. The minimum atomic E-state index is -10.7. The zero-order chi connectivity index (χ0) is 42.3. The Morgan fingerprint density at radius 1 is 0.526 bits per heavy atom. The number of ketones is 1. The molecule has 0 fully saturated rings. The van der Waals surface area contributed by atoms with Crippen molar-refractivity contribution in [2.75, 3.05) is 14.2 Å². The summed E-state index contributed by atoms with van der Waals surface area (Å²) in [5, 5.41) is 14.1. The Morgan fingerprint density at radius 3 is 1.04 bits per heavy atom. The van der Waals surface area contributed by atoms with Gasteiger partial charge < -0.3 is 14.6 Å². The van der Waals surface area contributed by atoms with E-state index >= 15 is 0 Å². The van der Waals surface area contributed by atoms with Gasteiger partial charge in [-0.2, -0.15) is 0 Å². The predicted molar refractivity (Wildman–Crippen MR) is 192 cm³/mol. The standard InChI is InChI=1S/2C12H8N2.C10H12O4.2F6P.Ru/c2*1-3-9-5-6-10-4-2-8-14-12(10)11(9)13-7-1;1-6(11)10-8(12)4-7(13-2)5-9(10)14-3;2*1-7(2,3,4,5)6;/h2*1-8H;4-5,12H,1-3H3;;;/q;;;2*-1;+2. The van der Waals surface area contributed by atoms with Gasteiger partial charge in [0.2, 0.25) is 0 Å². The van der Waals surface area contributed by atoms with Crippen LogP contribution in [-0.2, 0) is 19.5 Å². The fourth-order valence-electron chi connectivity index (χ4n) is 4.57. The molecule has 0 spiro atoms. The van der Waals surface area contributed by atoms with E-state index in [1.54, 1.807) is 30.9 Å². The summed E-state index contributed by atoms with van der Waals surface area (Å²) in [5.74, 6) is 0.384. The number of nitrogens with zero attached hydrogens (tertiary/aromatic N) is 4. The number of pyridine rings is 4. The van der Waals surface area contributed by atoms with Crippen molar-refractivity contribution in [2.45, 2.75) is 6.92 Å². The van der Waals surface area contributed by atoms with Gasteiger partial charge in [0.1, 0.15) is 22.8 Å². The maximum Gasteiger partial charge on any atom is 2.00 e. The molecule has 0 amide bonds. The number of hydrogen-bond acceptors (Lipinski definition) is 8. The summed E-state index contributed by atoms with van der Waals surface area (Å²) in [6.45, 7) is 1.37. The Hall–Kier alpha value is -4.99. The van der Waals surface area contributed by atoms with Gasteiger partial charge in [-0.25, -0.2) is 0 Å². The Balaban J connectivity index is 0.000000253. The first-order valence-electron chi connectivity index (χ1n) is 15.2. The van der Waals surface area contributed by atoms with Crippen molar-refractivity contribution in [1.82, 2.24) is 19.9 Å². The van der Waals surface area contributed by atoms with E-state index in [9.17, 15) is 60.3 Å². The molecule has 57 heavy (non-hydrogen) atoms. The smallest absolute Gasteiger partial charge is 0.254 e. The molecule has 4 aromatic heterocycles. The summed E-state index contributed by atoms with van der Waals surface area (Å²) in [5.41, 5.74) is 4.08. The van der Waals surface area contributed by atoms with E-state index in [1.807, 2.05) is 24.3 Å². The molecule has 310 valence electrons. The molecule has 1 N–H and O–H groups in total. The van der Waals surface area contributed by atoms with Gasteiger partial charge in [-0.05, 0) is 31.2 Å². The molecule has 0 saturated heterocycles. The average molecular weight is 948 g/mol. The van der Waals surface area contributed by atoms with Crippen molar-refractivity contribution in [3.8, 4) is 17.2 Å². The van der Waals surface area contributed by atoms with Crippen molar-refractivity contribution in [1.29, 1.82) is 0 Å². The molecule has 3 aromatic carbocycles. The molecular weight excluding hydrogens is 919 g/mol. The Kier molecular flexibility index (Phi) is 13.9. The van der Waals surface area contributed by atoms with Crippen LogP contribution in [0.5, 0.6) is 17.2 Å². The summed E-state index contributed by atoms with van der Waals surface area (Å²) in [4.78, 5) is 28.6. The molecule has 0 bridgehead atoms. The van der Waals surface area contributed by atoms with Crippen molar-refractivity contribution in [3.05, 3.63) is 115 Å². The van der Waals surface area contributed by atoms with Gasteiger partial charge in [-0.3, -0.25) is 24.7 Å². The van der Waals surface area contributed by atoms with Gasteiger partial charge in [-0.15, -0.1) is 0 Å². The molecule has 0 unspecified atom stereocenters. The van der Waals surface area contributed by atoms with Crippen LogP contribution in [0.25, 0.3) is 43.6 Å². The zero-order valence-electron chi connectivity index (χ0n) is 29.1. The van der Waals surface area contributed by atoms with Gasteiger partial charge in [0, 0.05) is 58.5 Å². The van der Waals surface area contributed by atoms with Gasteiger partial charge >= 0.3 is 85.5 Å². The minimum Gasteiger partial charge on any atom is -0.254 e. The molecule has 8 nitrogen and oxygen atoms in total. The fourth-order valence-corrected chi connectivity index (χ4v) is 4.57. The molecule has 0 aliphatic heterocycles. The van der Waals surface area contributed by atoms with E-state index in [1.165, 1.54) is 27.2 Å². The fraction of sp³-hybridized carbons (Fsp3) is 0.0882. The van der Waals surface area contributed by atoms with Crippen molar-refractivity contribution in [3.63, 3.8) is 0 Å². The van der Waals surface area contributed by atoms with Crippen LogP contribution in [0.4, 0.5) is 50.4 Å². The normalized spacial score (nSPS) is 13.4. The van der Waals surface area contributed by atoms with E-state index in [4.69, 9.17) is 9.47 Å². The largest absolute Gasteiger partial charge is 2.00 e. The number of carbonyl (C=O) groups excluding carboxylic acids is 1. The molecule has 4 heterocycles. The third-order valence-corrected chi connectivity index (χ3v) is 6.55. The Labute approximate surface area is 327 Å². The van der Waals surface area contributed by atoms with Crippen LogP contribution >= 0.6 is 15.6 Å². The predicted octanol–water partition coefficient (Wildman–Crippen LogP) is 13.9. The third kappa shape index (κ3) is 18.7. The number of ether oxygens (including phenoxy) is 2. The first-order chi connectivity index (χ1) is 25.4. The van der Waals surface area contributed by atoms with Gasteiger partial charge in [0.25, 0.3) is 0 Å². The second-order valence-corrected chi connectivity index (χ2v) is 15.0. The quantitative estimate of drug-likeness (QED) is 0.0614. The number of aromatic nitrogens is 4. The molecule has 0 radical (unpaired) electrons. The molecule has 23 heteroatoms. The van der Waals surface area contributed by atoms with Crippen LogP contribution in [0.3, 0.4) is 0 Å². The summed E-state index contributed by atoms with van der Waals surface area (Å²) in [7, 11) is -18.4. The zero-order valence-corrected chi connectivity index (χ0v) is 32.7.